The number of nitro groups is 1. The van der Waals surface area contributed by atoms with Crippen LogP contribution < -0.4 is 24.2 Å². The number of nitro benzene ring substituents is 1. The number of nitrogens with one attached hydrogen (secondary N) is 1. The number of carbonyl (C=O) groups is 1. The van der Waals surface area contributed by atoms with Crippen molar-refractivity contribution in [3.8, 4) is 0 Å². The molecule has 0 aliphatic heterocycles. The van der Waals surface area contributed by atoms with Crippen molar-refractivity contribution in [3.63, 3.8) is 0 Å². The minimum Gasteiger partial charge on any atom is -0.447 e. The van der Waals surface area contributed by atoms with Crippen molar-refractivity contribution in [2.45, 2.75) is 30.6 Å². The van der Waals surface area contributed by atoms with Gasteiger partial charge in [0.1, 0.15) is 0 Å². The van der Waals surface area contributed by atoms with Gasteiger partial charge in [-0.05, 0) is 12.1 Å². The monoisotopic (exact) mass is 412 g/mol. The van der Waals surface area contributed by atoms with Gasteiger partial charge < -0.3 is 23.4 Å². The average Bonchev–Trinajstić information content (AvgIpc) is 2.67. The van der Waals surface area contributed by atoms with Crippen molar-refractivity contribution in [1.82, 2.24) is 0 Å². The van der Waals surface area contributed by atoms with E-state index in [1.54, 1.807) is 24.3 Å². The van der Waals surface area contributed by atoms with E-state index in [1.165, 1.54) is 37.1 Å². The zero-order valence-electron chi connectivity index (χ0n) is 15.8. The predicted molar refractivity (Wildman–Crippen MR) is 110 cm³/mol. The Balaban J connectivity index is 0.000000910. The molecule has 0 heterocycles. The molecule has 9 heteroatoms. The molecule has 1 amide bonds. The van der Waals surface area contributed by atoms with E-state index in [-0.39, 0.29) is 30.1 Å². The van der Waals surface area contributed by atoms with E-state index in [9.17, 15) is 19.1 Å². The summed E-state index contributed by atoms with van der Waals surface area (Å²) in [4.78, 5) is 22.5. The number of benzene rings is 2. The Bertz CT molecular complexity index is 845. The molecule has 0 aliphatic carbocycles. The fraction of sp³-hybridized carbons (Fsp3) is 0.211. The number of nitrogens with zero attached hydrogens (tertiary/aromatic N) is 1. The number of hydrogen-bond donors (Lipinski definition) is 1. The summed E-state index contributed by atoms with van der Waals surface area (Å²) in [6, 6.07) is 11.7. The second kappa shape index (κ2) is 14.3. The first kappa shape index (κ1) is 26.3. The summed E-state index contributed by atoms with van der Waals surface area (Å²) < 4.78 is 11.2. The van der Waals surface area contributed by atoms with Gasteiger partial charge >= 0.3 is 18.9 Å². The van der Waals surface area contributed by atoms with Crippen LogP contribution in [0, 0.1) is 24.0 Å². The van der Waals surface area contributed by atoms with Gasteiger partial charge in [0.05, 0.1) is 4.92 Å². The maximum absolute atomic E-state index is 12.1. The predicted octanol–water partition coefficient (Wildman–Crippen LogP) is 1.85. The summed E-state index contributed by atoms with van der Waals surface area (Å²) in [6.07, 6.45) is 4.61. The second-order valence-electron chi connectivity index (χ2n) is 5.44. The molecule has 0 saturated carbocycles. The van der Waals surface area contributed by atoms with Crippen LogP contribution in [0.2, 0.25) is 0 Å². The third kappa shape index (κ3) is 9.47. The van der Waals surface area contributed by atoms with Crippen molar-refractivity contribution < 1.29 is 32.8 Å². The number of non-ortho nitro benzene ring substituents is 1. The Morgan fingerprint density at radius 2 is 1.71 bits per heavy atom. The molecule has 1 N–H and O–H groups in total. The molecule has 2 aromatic carbocycles. The van der Waals surface area contributed by atoms with Crippen molar-refractivity contribution in [1.29, 1.82) is 0 Å². The number of hydrogen-bond acceptors (Lipinski definition) is 6. The summed E-state index contributed by atoms with van der Waals surface area (Å²) >= 11 is 4.63. The second-order valence-corrected chi connectivity index (χ2v) is 7.29. The normalized spacial score (nSPS) is 9.68. The van der Waals surface area contributed by atoms with Crippen LogP contribution in [0.3, 0.4) is 0 Å². The standard InChI is InChI=1S/C13H9N2O4S2.C6H12.Li/c16-13(9-3-1-6-12(7-9)21(19)20)14-10-4-2-5-11(8-10)15(17)18;1-3-5-6-4-2;/h1-8H,(H,14,16);1-6H2;/q-1;-2;+1. The maximum atomic E-state index is 12.1. The summed E-state index contributed by atoms with van der Waals surface area (Å²) in [5.74, 6) is -0.460. The number of carbonyl (C=O) groups excluding carboxylic acids is 1. The van der Waals surface area contributed by atoms with Gasteiger partial charge in [-0.3, -0.25) is 14.9 Å². The smallest absolute Gasteiger partial charge is 0.447 e. The number of amides is 1. The molecule has 0 saturated heterocycles. The Morgan fingerprint density at radius 1 is 1.11 bits per heavy atom. The molecule has 0 aromatic heterocycles. The molecule has 146 valence electrons. The Labute approximate surface area is 184 Å². The van der Waals surface area contributed by atoms with Crippen molar-refractivity contribution in [3.05, 3.63) is 78.1 Å². The fourth-order valence-corrected chi connectivity index (χ4v) is 2.72. The van der Waals surface area contributed by atoms with Gasteiger partial charge in [0.2, 0.25) is 0 Å². The average molecular weight is 412 g/mol. The van der Waals surface area contributed by atoms with Crippen LogP contribution >= 0.6 is 0 Å². The molecule has 2 aromatic rings. The summed E-state index contributed by atoms with van der Waals surface area (Å²) in [6.45, 7) is 7.39. The minimum atomic E-state index is -1.60. The van der Waals surface area contributed by atoms with Crippen LogP contribution in [0.5, 0.6) is 0 Å². The van der Waals surface area contributed by atoms with Crippen LogP contribution in [0.1, 0.15) is 36.0 Å². The van der Waals surface area contributed by atoms with E-state index in [0.29, 0.717) is 10.6 Å². The molecule has 0 aliphatic rings. The van der Waals surface area contributed by atoms with Crippen LogP contribution in [0.25, 0.3) is 0 Å². The molecule has 0 fully saturated rings. The maximum Gasteiger partial charge on any atom is 1.00 e. The van der Waals surface area contributed by atoms with Gasteiger partial charge in [0.25, 0.3) is 11.6 Å². The van der Waals surface area contributed by atoms with Gasteiger partial charge in [-0.1, -0.05) is 37.1 Å². The van der Waals surface area contributed by atoms with E-state index < -0.39 is 20.2 Å². The van der Waals surface area contributed by atoms with Gasteiger partial charge in [0.15, 0.2) is 0 Å². The molecule has 28 heavy (non-hydrogen) atoms. The van der Waals surface area contributed by atoms with Crippen LogP contribution in [-0.4, -0.2) is 10.8 Å². The first-order chi connectivity index (χ1) is 12.9. The van der Waals surface area contributed by atoms with Crippen LogP contribution in [-0.2, 0) is 24.8 Å². The van der Waals surface area contributed by atoms with E-state index in [4.69, 9.17) is 0 Å². The molecule has 0 radical (unpaired) electrons. The van der Waals surface area contributed by atoms with Crippen molar-refractivity contribution >= 4 is 37.8 Å². The van der Waals surface area contributed by atoms with E-state index in [2.05, 4.69) is 30.4 Å². The Hall–Kier alpha value is -1.72. The molecular weight excluding hydrogens is 391 g/mol. The SMILES string of the molecule is O=C(Nc1cccc([N+](=O)[O-])c1)c1cccc([S-](=O)=S)c1.[CH2-]CCCC[CH2-].[Li+]. The molecule has 0 atom stereocenters. The zero-order valence-corrected chi connectivity index (χ0v) is 17.4. The molecule has 0 spiro atoms. The molecule has 0 unspecified atom stereocenters. The summed E-state index contributed by atoms with van der Waals surface area (Å²) in [7, 11) is -1.60. The largest absolute Gasteiger partial charge is 1.00 e. The number of anilines is 1. The molecule has 2 rings (SSSR count). The van der Waals surface area contributed by atoms with E-state index in [1.807, 2.05) is 0 Å². The Kier molecular flexibility index (Phi) is 13.4. The van der Waals surface area contributed by atoms with Gasteiger partial charge in [0, 0.05) is 23.4 Å². The van der Waals surface area contributed by atoms with E-state index >= 15 is 0 Å². The zero-order chi connectivity index (χ0) is 20.2. The molecular formula is C19H21LiN2O4S2-2. The van der Waals surface area contributed by atoms with Gasteiger partial charge in [-0.15, -0.1) is 4.90 Å². The minimum absolute atomic E-state index is 0. The summed E-state index contributed by atoms with van der Waals surface area (Å²) in [5, 5.41) is 13.2. The fourth-order valence-electron chi connectivity index (χ4n) is 2.00. The van der Waals surface area contributed by atoms with Gasteiger partial charge in [-0.2, -0.15) is 22.2 Å². The Morgan fingerprint density at radius 3 is 2.25 bits per heavy atom. The quantitative estimate of drug-likeness (QED) is 0.187. The third-order valence-electron chi connectivity index (χ3n) is 3.35. The van der Waals surface area contributed by atoms with Crippen molar-refractivity contribution in [2.75, 3.05) is 5.32 Å². The van der Waals surface area contributed by atoms with Gasteiger partial charge in [-0.25, -0.2) is 11.2 Å². The van der Waals surface area contributed by atoms with Crippen molar-refractivity contribution in [2.24, 2.45) is 0 Å². The summed E-state index contributed by atoms with van der Waals surface area (Å²) in [5.41, 5.74) is 0.463. The molecule has 6 nitrogen and oxygen atoms in total. The topological polar surface area (TPSA) is 89.3 Å². The number of rotatable bonds is 7. The van der Waals surface area contributed by atoms with Crippen LogP contribution in [0.15, 0.2) is 53.4 Å². The third-order valence-corrected chi connectivity index (χ3v) is 4.57. The molecule has 0 bridgehead atoms. The van der Waals surface area contributed by atoms with Crippen LogP contribution in [0.4, 0.5) is 11.4 Å². The first-order valence-corrected chi connectivity index (χ1v) is 10.3. The first-order valence-electron chi connectivity index (χ1n) is 8.22. The number of unbranched alkanes of at least 4 members (excludes halogenated alkanes) is 3. The van der Waals surface area contributed by atoms with E-state index in [0.717, 1.165) is 12.8 Å².